The zero-order valence-electron chi connectivity index (χ0n) is 9.74. The van der Waals surface area contributed by atoms with Crippen molar-refractivity contribution >= 4 is 22.9 Å². The Bertz CT molecular complexity index is 723. The third kappa shape index (κ3) is 2.56. The van der Waals surface area contributed by atoms with Crippen molar-refractivity contribution in [3.8, 4) is 0 Å². The topological polar surface area (TPSA) is 95.9 Å². The van der Waals surface area contributed by atoms with Crippen LogP contribution in [0.3, 0.4) is 0 Å². The fraction of sp³-hybridized carbons (Fsp3) is 0.364. The molecular weight excluding hydrogens is 256 g/mol. The highest BCUT2D eigenvalue weighted by molar-refractivity contribution is 7.98. The van der Waals surface area contributed by atoms with Gasteiger partial charge >= 0.3 is 11.3 Å². The normalized spacial score (nSPS) is 10.9. The number of nitrogens with one attached hydrogen (secondary N) is 2. The van der Waals surface area contributed by atoms with E-state index in [-0.39, 0.29) is 11.1 Å². The van der Waals surface area contributed by atoms with Crippen LogP contribution in [0.25, 0.3) is 11.1 Å². The molecule has 2 rings (SSSR count). The van der Waals surface area contributed by atoms with E-state index in [2.05, 4.69) is 9.97 Å². The van der Waals surface area contributed by atoms with Crippen LogP contribution in [-0.2, 0) is 6.42 Å². The van der Waals surface area contributed by atoms with Gasteiger partial charge in [0, 0.05) is 6.07 Å². The fourth-order valence-electron chi connectivity index (χ4n) is 1.78. The van der Waals surface area contributed by atoms with Crippen molar-refractivity contribution in [3.05, 3.63) is 42.9 Å². The van der Waals surface area contributed by atoms with E-state index in [1.165, 1.54) is 6.07 Å². The van der Waals surface area contributed by atoms with Crippen molar-refractivity contribution in [1.29, 1.82) is 0 Å². The summed E-state index contributed by atoms with van der Waals surface area (Å²) in [4.78, 5) is 38.6. The summed E-state index contributed by atoms with van der Waals surface area (Å²) >= 11 is 1.69. The number of hydrogen-bond acceptors (Lipinski definition) is 5. The highest BCUT2D eigenvalue weighted by atomic mass is 32.2. The highest BCUT2D eigenvalue weighted by Crippen LogP contribution is 2.12. The quantitative estimate of drug-likeness (QED) is 0.786. The third-order valence-corrected chi connectivity index (χ3v) is 3.22. The zero-order valence-corrected chi connectivity index (χ0v) is 10.6. The van der Waals surface area contributed by atoms with Crippen molar-refractivity contribution in [1.82, 2.24) is 9.97 Å². The summed E-state index contributed by atoms with van der Waals surface area (Å²) in [6, 6.07) is 1.30. The molecule has 0 atom stereocenters. The highest BCUT2D eigenvalue weighted by Gasteiger charge is 2.10. The van der Waals surface area contributed by atoms with Gasteiger partial charge in [0.05, 0.1) is 0 Å². The van der Waals surface area contributed by atoms with Crippen LogP contribution in [-0.4, -0.2) is 22.0 Å². The number of aromatic nitrogens is 2. The minimum atomic E-state index is -0.683. The Hall–Kier alpha value is -1.76. The van der Waals surface area contributed by atoms with Crippen LogP contribution in [0.15, 0.2) is 24.9 Å². The first kappa shape index (κ1) is 12.7. The van der Waals surface area contributed by atoms with Gasteiger partial charge in [-0.1, -0.05) is 0 Å². The maximum atomic E-state index is 11.7. The van der Waals surface area contributed by atoms with Gasteiger partial charge in [0.25, 0.3) is 5.56 Å². The van der Waals surface area contributed by atoms with Crippen molar-refractivity contribution in [3.63, 3.8) is 0 Å². The lowest BCUT2D eigenvalue weighted by molar-refractivity contribution is 0.544. The maximum Gasteiger partial charge on any atom is 0.337 e. The summed E-state index contributed by atoms with van der Waals surface area (Å²) in [7, 11) is 0. The summed E-state index contributed by atoms with van der Waals surface area (Å²) in [5.74, 6) is 0.934. The molecule has 96 valence electrons. The van der Waals surface area contributed by atoms with E-state index in [1.54, 1.807) is 11.8 Å². The largest absolute Gasteiger partial charge is 0.405 e. The average Bonchev–Trinajstić information content (AvgIpc) is 2.27. The predicted octanol–water partition coefficient (Wildman–Crippen LogP) is 0.465. The lowest BCUT2D eigenvalue weighted by atomic mass is 10.1. The number of rotatable bonds is 4. The Kier molecular flexibility index (Phi) is 3.71. The van der Waals surface area contributed by atoms with Gasteiger partial charge in [-0.3, -0.25) is 14.8 Å². The van der Waals surface area contributed by atoms with E-state index in [4.69, 9.17) is 4.42 Å². The molecule has 2 heterocycles. The lowest BCUT2D eigenvalue weighted by Crippen LogP contribution is -2.24. The van der Waals surface area contributed by atoms with Gasteiger partial charge in [0.2, 0.25) is 5.71 Å². The number of fused-ring (bicyclic) bond motifs is 1. The molecule has 0 aliphatic rings. The Balaban J connectivity index is 2.61. The van der Waals surface area contributed by atoms with Crippen molar-refractivity contribution in [2.75, 3.05) is 12.0 Å². The van der Waals surface area contributed by atoms with Gasteiger partial charge in [-0.15, -0.1) is 0 Å². The summed E-state index contributed by atoms with van der Waals surface area (Å²) in [5.41, 5.74) is -1.24. The van der Waals surface area contributed by atoms with E-state index in [0.717, 1.165) is 12.2 Å². The molecule has 2 aromatic rings. The average molecular weight is 268 g/mol. The number of H-pyrrole nitrogens is 2. The number of thioether (sulfide) groups is 1. The zero-order chi connectivity index (χ0) is 13.1. The number of aromatic amines is 2. The van der Waals surface area contributed by atoms with Crippen LogP contribution < -0.4 is 16.9 Å². The fourth-order valence-corrected chi connectivity index (χ4v) is 2.22. The minimum absolute atomic E-state index is 0.0598. The van der Waals surface area contributed by atoms with Gasteiger partial charge in [-0.05, 0) is 30.4 Å². The molecule has 0 bridgehead atoms. The molecule has 2 N–H and O–H groups in total. The smallest absolute Gasteiger partial charge is 0.337 e. The van der Waals surface area contributed by atoms with Gasteiger partial charge in [0.15, 0.2) is 0 Å². The molecule has 0 aliphatic heterocycles. The van der Waals surface area contributed by atoms with Gasteiger partial charge in [0.1, 0.15) is 5.39 Å². The van der Waals surface area contributed by atoms with Crippen molar-refractivity contribution in [2.45, 2.75) is 12.8 Å². The van der Waals surface area contributed by atoms with Crippen LogP contribution in [0.5, 0.6) is 0 Å². The molecule has 0 radical (unpaired) electrons. The Morgan fingerprint density at radius 3 is 2.78 bits per heavy atom. The first-order valence-electron chi connectivity index (χ1n) is 5.40. The molecule has 0 aromatic carbocycles. The number of hydrogen-bond donors (Lipinski definition) is 2. The Morgan fingerprint density at radius 2 is 2.06 bits per heavy atom. The van der Waals surface area contributed by atoms with Crippen molar-refractivity contribution < 1.29 is 4.42 Å². The van der Waals surface area contributed by atoms with E-state index in [9.17, 15) is 14.4 Å². The second-order valence-electron chi connectivity index (χ2n) is 3.80. The van der Waals surface area contributed by atoms with E-state index in [0.29, 0.717) is 12.0 Å². The molecular formula is C11H12N2O4S. The van der Waals surface area contributed by atoms with Crippen molar-refractivity contribution in [2.24, 2.45) is 0 Å². The summed E-state index contributed by atoms with van der Waals surface area (Å²) in [5, 5.41) is 0.246. The molecule has 0 fully saturated rings. The van der Waals surface area contributed by atoms with E-state index < -0.39 is 16.9 Å². The van der Waals surface area contributed by atoms with Gasteiger partial charge < -0.3 is 4.42 Å². The van der Waals surface area contributed by atoms with E-state index in [1.807, 2.05) is 6.26 Å². The Labute approximate surface area is 105 Å². The van der Waals surface area contributed by atoms with Crippen LogP contribution in [0.1, 0.15) is 12.0 Å². The molecule has 6 nitrogen and oxygen atoms in total. The molecule has 18 heavy (non-hydrogen) atoms. The molecule has 0 aliphatic carbocycles. The second-order valence-corrected chi connectivity index (χ2v) is 4.78. The third-order valence-electron chi connectivity index (χ3n) is 2.52. The number of aryl methyl sites for hydroxylation is 1. The first-order valence-corrected chi connectivity index (χ1v) is 6.79. The molecule has 0 saturated heterocycles. The molecule has 2 aromatic heterocycles. The summed E-state index contributed by atoms with van der Waals surface area (Å²) in [6.45, 7) is 0. The monoisotopic (exact) mass is 268 g/mol. The maximum absolute atomic E-state index is 11.7. The molecule has 0 saturated carbocycles. The van der Waals surface area contributed by atoms with E-state index >= 15 is 0 Å². The molecule has 0 unspecified atom stereocenters. The van der Waals surface area contributed by atoms with Crippen LogP contribution >= 0.6 is 11.8 Å². The van der Waals surface area contributed by atoms with Gasteiger partial charge in [-0.2, -0.15) is 11.8 Å². The van der Waals surface area contributed by atoms with Gasteiger partial charge in [-0.25, -0.2) is 9.59 Å². The standard InChI is InChI=1S/C11H12N2O4S/c1-18-4-2-3-6-5-7(14)17-10-8(6)9(15)12-11(16)13-10/h5H,2-4H2,1H3,(H2,12,13,15,16). The predicted molar refractivity (Wildman–Crippen MR) is 70.4 cm³/mol. The first-order chi connectivity index (χ1) is 8.61. The lowest BCUT2D eigenvalue weighted by Gasteiger charge is -2.03. The SMILES string of the molecule is CSCCCc1cc(=O)oc2[nH]c(=O)[nH]c(=O)c12. The van der Waals surface area contributed by atoms with Crippen LogP contribution in [0.4, 0.5) is 0 Å². The van der Waals surface area contributed by atoms with Crippen LogP contribution in [0.2, 0.25) is 0 Å². The van der Waals surface area contributed by atoms with Crippen LogP contribution in [0, 0.1) is 0 Å². The molecule has 0 spiro atoms. The molecule has 7 heteroatoms. The molecule has 0 amide bonds. The Morgan fingerprint density at radius 1 is 1.28 bits per heavy atom. The minimum Gasteiger partial charge on any atom is -0.405 e. The summed E-state index contributed by atoms with van der Waals surface area (Å²) < 4.78 is 4.83. The summed E-state index contributed by atoms with van der Waals surface area (Å²) in [6.07, 6.45) is 3.43. The second kappa shape index (κ2) is 5.26.